The van der Waals surface area contributed by atoms with Crippen molar-refractivity contribution in [3.8, 4) is 17.0 Å². The monoisotopic (exact) mass is 683 g/mol. The fourth-order valence-corrected chi connectivity index (χ4v) is 3.94. The Hall–Kier alpha value is -2.13. The molecule has 0 saturated carbocycles. The van der Waals surface area contributed by atoms with Gasteiger partial charge in [-0.2, -0.15) is 15.4 Å². The van der Waals surface area contributed by atoms with E-state index in [4.69, 9.17) is 0 Å². The molecule has 0 aliphatic heterocycles. The van der Waals surface area contributed by atoms with E-state index < -0.39 is 48.1 Å². The summed E-state index contributed by atoms with van der Waals surface area (Å²) in [5.74, 6) is -14.3. The molecular weight excluding hydrogens is 661 g/mol. The number of rotatable bonds is 6. The minimum Gasteiger partial charge on any atom is -0.416 e. The summed E-state index contributed by atoms with van der Waals surface area (Å²) in [5, 5.41) is 9.33. The number of nitrogens with zero attached hydrogens (tertiary/aromatic N) is 2. The first-order chi connectivity index (χ1) is 15.6. The number of carbonyl (C=O) groups excluding carboxylic acids is 1. The molecule has 34 heavy (non-hydrogen) atoms. The van der Waals surface area contributed by atoms with Crippen LogP contribution in [0.4, 0.5) is 22.0 Å². The SMILES string of the molecule is O=C(Oc1c(F)c(F)c(F)c(F)c1F)c1cccc(-c2[c-]nn[nH]2)c1.[Au].[CH2-][P+](CC)(CC)CC. The summed E-state index contributed by atoms with van der Waals surface area (Å²) in [4.78, 5) is 12.0. The first-order valence-electron chi connectivity index (χ1n) is 9.91. The molecule has 5 nitrogen and oxygen atoms in total. The molecule has 0 amide bonds. The van der Waals surface area contributed by atoms with Crippen LogP contribution < -0.4 is 4.74 Å². The van der Waals surface area contributed by atoms with Gasteiger partial charge in [0.05, 0.1) is 0 Å². The molecule has 0 saturated heterocycles. The van der Waals surface area contributed by atoms with Gasteiger partial charge in [0.25, 0.3) is 0 Å². The topological polar surface area (TPSA) is 67.9 Å². The van der Waals surface area contributed by atoms with Gasteiger partial charge in [-0.3, -0.25) is 5.10 Å². The van der Waals surface area contributed by atoms with Gasteiger partial charge < -0.3 is 4.74 Å². The van der Waals surface area contributed by atoms with E-state index in [1.807, 2.05) is 0 Å². The van der Waals surface area contributed by atoms with E-state index in [-0.39, 0.29) is 27.9 Å². The zero-order valence-electron chi connectivity index (χ0n) is 18.5. The molecule has 3 aromatic rings. The van der Waals surface area contributed by atoms with Crippen LogP contribution in [0.25, 0.3) is 11.3 Å². The largest absolute Gasteiger partial charge is 0.416 e. The summed E-state index contributed by atoms with van der Waals surface area (Å²) in [5.41, 5.74) is 0.493. The molecule has 12 heteroatoms. The normalized spacial score (nSPS) is 10.7. The van der Waals surface area contributed by atoms with Crippen LogP contribution in [0.2, 0.25) is 0 Å². The molecule has 3 rings (SSSR count). The van der Waals surface area contributed by atoms with Gasteiger partial charge in [0.15, 0.2) is 0 Å². The van der Waals surface area contributed by atoms with Crippen molar-refractivity contribution in [3.05, 3.63) is 71.8 Å². The third-order valence-corrected chi connectivity index (χ3v) is 9.16. The molecular formula is C22H22AuF5N3O2P-. The van der Waals surface area contributed by atoms with E-state index >= 15 is 0 Å². The average Bonchev–Trinajstić information content (AvgIpc) is 3.39. The number of H-pyrrole nitrogens is 1. The van der Waals surface area contributed by atoms with Crippen molar-refractivity contribution in [1.29, 1.82) is 0 Å². The minimum atomic E-state index is -2.35. The molecule has 0 fully saturated rings. The Morgan fingerprint density at radius 1 is 1.00 bits per heavy atom. The van der Waals surface area contributed by atoms with E-state index in [9.17, 15) is 26.7 Å². The summed E-state index contributed by atoms with van der Waals surface area (Å²) < 4.78 is 70.7. The summed E-state index contributed by atoms with van der Waals surface area (Å²) in [7, 11) is -0.662. The Morgan fingerprint density at radius 3 is 1.97 bits per heavy atom. The molecule has 1 heterocycles. The van der Waals surface area contributed by atoms with E-state index in [1.165, 1.54) is 36.7 Å². The van der Waals surface area contributed by atoms with Crippen LogP contribution in [0.1, 0.15) is 31.1 Å². The van der Waals surface area contributed by atoms with Gasteiger partial charge in [-0.1, -0.05) is 29.2 Å². The Balaban J connectivity index is 0.000000556. The molecule has 2 aromatic carbocycles. The summed E-state index contributed by atoms with van der Waals surface area (Å²) in [6.07, 6.45) is 6.44. The van der Waals surface area contributed by atoms with E-state index in [2.05, 4.69) is 53.8 Å². The first-order valence-corrected chi connectivity index (χ1v) is 12.4. The molecule has 0 atom stereocenters. The molecule has 0 unspecified atom stereocenters. The maximum Gasteiger partial charge on any atom is 0.342 e. The number of halogens is 5. The predicted octanol–water partition coefficient (Wildman–Crippen LogP) is 6.04. The number of hydrogen-bond acceptors (Lipinski definition) is 4. The Kier molecular flexibility index (Phi) is 11.5. The maximum absolute atomic E-state index is 13.6. The van der Waals surface area contributed by atoms with Crippen molar-refractivity contribution < 1.29 is 53.9 Å². The molecule has 1 radical (unpaired) electrons. The number of esters is 1. The summed E-state index contributed by atoms with van der Waals surface area (Å²) in [6, 6.07) is 5.40. The van der Waals surface area contributed by atoms with Crippen LogP contribution in [0.5, 0.6) is 5.75 Å². The third-order valence-electron chi connectivity index (χ3n) is 5.14. The quantitative estimate of drug-likeness (QED) is 0.0504. The van der Waals surface area contributed by atoms with Gasteiger partial charge in [-0.15, -0.1) is 25.0 Å². The smallest absolute Gasteiger partial charge is 0.342 e. The van der Waals surface area contributed by atoms with Gasteiger partial charge >= 0.3 is 5.97 Å². The fourth-order valence-electron chi connectivity index (χ4n) is 2.60. The van der Waals surface area contributed by atoms with Crippen molar-refractivity contribution in [2.75, 3.05) is 18.5 Å². The number of hydrogen-bond donors (Lipinski definition) is 1. The zero-order chi connectivity index (χ0) is 24.8. The zero-order valence-corrected chi connectivity index (χ0v) is 21.5. The standard InChI is InChI=1S/C15H5F5N3O2.C7H17P.Au/c16-9-10(17)12(19)14(13(20)11(9)18)25-15(24)7-3-1-2-6(4-7)8-5-21-23-22-8;1-5-8(4,6-2)7-3;/h1-4H,(H,21,22,23);4-7H2,1-3H3;/q-1;;. The first kappa shape index (κ1) is 29.9. The van der Waals surface area contributed by atoms with Gasteiger partial charge in [-0.05, 0) is 20.8 Å². The van der Waals surface area contributed by atoms with Crippen molar-refractivity contribution in [2.45, 2.75) is 20.8 Å². The second kappa shape index (κ2) is 13.1. The van der Waals surface area contributed by atoms with Gasteiger partial charge in [0.2, 0.25) is 34.8 Å². The van der Waals surface area contributed by atoms with Crippen LogP contribution in [0.3, 0.4) is 0 Å². The number of benzene rings is 2. The second-order valence-electron chi connectivity index (χ2n) is 6.96. The molecule has 0 aliphatic carbocycles. The Morgan fingerprint density at radius 2 is 1.53 bits per heavy atom. The van der Waals surface area contributed by atoms with Gasteiger partial charge in [0.1, 0.15) is 0 Å². The Labute approximate surface area is 210 Å². The summed E-state index contributed by atoms with van der Waals surface area (Å²) in [6.45, 7) is 11.0. The fraction of sp³-hybridized carbons (Fsp3) is 0.273. The van der Waals surface area contributed by atoms with Crippen LogP contribution in [0.15, 0.2) is 24.3 Å². The number of carbonyl (C=O) groups is 1. The van der Waals surface area contributed by atoms with Crippen molar-refractivity contribution in [2.24, 2.45) is 0 Å². The molecule has 0 aliphatic rings. The minimum absolute atomic E-state index is 0. The van der Waals surface area contributed by atoms with Gasteiger partial charge in [-0.25, -0.2) is 23.1 Å². The molecule has 1 N–H and O–H groups in total. The van der Waals surface area contributed by atoms with Gasteiger partial charge in [0, 0.05) is 46.4 Å². The molecule has 1 aromatic heterocycles. The van der Waals surface area contributed by atoms with Crippen LogP contribution >= 0.6 is 7.26 Å². The van der Waals surface area contributed by atoms with E-state index in [1.54, 1.807) is 6.07 Å². The number of aromatic amines is 1. The van der Waals surface area contributed by atoms with E-state index in [0.29, 0.717) is 11.3 Å². The number of ether oxygens (including phenoxy) is 1. The maximum atomic E-state index is 13.6. The molecule has 0 bridgehead atoms. The third kappa shape index (κ3) is 6.95. The average molecular weight is 683 g/mol. The van der Waals surface area contributed by atoms with Crippen molar-refractivity contribution in [1.82, 2.24) is 15.4 Å². The molecule has 0 spiro atoms. The van der Waals surface area contributed by atoms with Crippen molar-refractivity contribution in [3.63, 3.8) is 0 Å². The predicted molar refractivity (Wildman–Crippen MR) is 116 cm³/mol. The van der Waals surface area contributed by atoms with Crippen LogP contribution in [-0.2, 0) is 22.4 Å². The number of aromatic nitrogens is 3. The Bertz CT molecular complexity index is 1070. The van der Waals surface area contributed by atoms with E-state index in [0.717, 1.165) is 0 Å². The van der Waals surface area contributed by atoms with Crippen LogP contribution in [-0.4, -0.2) is 39.9 Å². The number of nitrogens with one attached hydrogen (secondary N) is 1. The second-order valence-corrected chi connectivity index (χ2v) is 11.5. The summed E-state index contributed by atoms with van der Waals surface area (Å²) >= 11 is 0. The van der Waals surface area contributed by atoms with Crippen LogP contribution in [0, 0.1) is 41.9 Å². The van der Waals surface area contributed by atoms with Crippen molar-refractivity contribution >= 4 is 13.2 Å². The molecule has 189 valence electrons.